The Morgan fingerprint density at radius 2 is 1.11 bits per heavy atom. The number of aliphatic hydroxyl groups is 2. The summed E-state index contributed by atoms with van der Waals surface area (Å²) in [5.74, 6) is 3.64. The molecule has 5 aliphatic rings. The van der Waals surface area contributed by atoms with Crippen LogP contribution in [0.5, 0.6) is 0 Å². The van der Waals surface area contributed by atoms with E-state index in [1.807, 2.05) is 65.0 Å². The number of aromatic nitrogens is 5. The number of Topliss-reactive ketones (excluding diaryl/α,β-unsaturated/α-hetero) is 1. The van der Waals surface area contributed by atoms with Gasteiger partial charge in [-0.15, -0.1) is 12.1 Å². The van der Waals surface area contributed by atoms with Gasteiger partial charge in [-0.05, 0) is 171 Å². The second-order valence-corrected chi connectivity index (χ2v) is 63.3. The molecule has 0 saturated heterocycles. The summed E-state index contributed by atoms with van der Waals surface area (Å²) in [4.78, 5) is 64.9. The fourth-order valence-electron chi connectivity index (χ4n) is 13.9. The van der Waals surface area contributed by atoms with E-state index in [9.17, 15) is 34.7 Å². The van der Waals surface area contributed by atoms with Crippen molar-refractivity contribution in [2.75, 3.05) is 16.8 Å². The third-order valence-electron chi connectivity index (χ3n) is 18.0. The molecule has 1 amide bonds. The number of nitrogens with zero attached hydrogens (tertiary/aromatic N) is 6. The summed E-state index contributed by atoms with van der Waals surface area (Å²) >= 11 is 7.39. The van der Waals surface area contributed by atoms with Gasteiger partial charge in [0.15, 0.2) is 0 Å². The fraction of sp³-hybridized carbons (Fsp3) is 0.514. The van der Waals surface area contributed by atoms with E-state index in [1.165, 1.54) is 29.8 Å². The minimum Gasteiger partial charge on any atom is 0 e. The van der Waals surface area contributed by atoms with E-state index in [-0.39, 0.29) is 136 Å². The largest absolute Gasteiger partial charge is 0 e. The molecule has 15 atom stereocenters. The monoisotopic (exact) mass is 1880 g/mol. The zero-order valence-corrected chi connectivity index (χ0v) is 73.3. The average molecular weight is 1890 g/mol. The van der Waals surface area contributed by atoms with Gasteiger partial charge in [0.2, 0.25) is 0 Å². The zero-order chi connectivity index (χ0) is 72.0. The van der Waals surface area contributed by atoms with Crippen molar-refractivity contribution < 1.29 is 109 Å². The Morgan fingerprint density at radius 1 is 0.636 bits per heavy atom. The van der Waals surface area contributed by atoms with E-state index in [1.54, 1.807) is 68.8 Å². The zero-order valence-electron chi connectivity index (χ0n) is 59.8. The van der Waals surface area contributed by atoms with Crippen molar-refractivity contribution in [3.8, 4) is 0 Å². The van der Waals surface area contributed by atoms with Gasteiger partial charge in [0, 0.05) is 127 Å². The molecular formula is C74H102I3N10O9VY2-2. The van der Waals surface area contributed by atoms with E-state index >= 15 is 0 Å². The van der Waals surface area contributed by atoms with Crippen LogP contribution in [0.15, 0.2) is 111 Å². The Bertz CT molecular complexity index is 3470. The number of esters is 1. The predicted octanol–water partition coefficient (Wildman–Crippen LogP) is 16.8. The molecule has 9 N–H and O–H groups in total. The number of halogens is 3. The van der Waals surface area contributed by atoms with Gasteiger partial charge >= 0.3 is 76.9 Å². The minimum atomic E-state index is -0.537. The summed E-state index contributed by atoms with van der Waals surface area (Å²) in [7, 11) is 0. The number of ether oxygens (including phenoxy) is 2. The number of nitrogens with two attached hydrogens (primary N) is 3. The van der Waals surface area contributed by atoms with Crippen LogP contribution in [0.1, 0.15) is 187 Å². The first-order valence-electron chi connectivity index (χ1n) is 33.4. The summed E-state index contributed by atoms with van der Waals surface area (Å²) in [6, 6.07) is 9.62. The number of pyridine rings is 5. The maximum atomic E-state index is 12.0. The van der Waals surface area contributed by atoms with Crippen LogP contribution in [0.4, 0.5) is 27.5 Å². The Kier molecular flexibility index (Phi) is 40.4. The van der Waals surface area contributed by atoms with Crippen molar-refractivity contribution >= 4 is 117 Å². The third-order valence-corrected chi connectivity index (χ3v) is 18.0. The van der Waals surface area contributed by atoms with E-state index < -0.39 is 16.6 Å². The molecule has 5 aliphatic carbocycles. The smallest absolute Gasteiger partial charge is 0 e. The second kappa shape index (κ2) is 44.3. The predicted molar refractivity (Wildman–Crippen MR) is 411 cm³/mol. The topological polar surface area (TPSA) is 308 Å². The van der Waals surface area contributed by atoms with Gasteiger partial charge in [0.25, 0.3) is 5.69 Å². The Balaban J connectivity index is 0.000000317. The molecule has 2 fully saturated rings. The standard InChI is InChI=1S/C18H28N2O3.C15H22N2O2.C15H19N2O.C13H16N2O3.C13H17N2.3HI.V.2Y/c1-11-8-13(9-12(2)16(11)21)14-6-7-19-10-15(14)20-17(22)23-18(3,4)5;1-9-6-12(13-4-5-17-8-14(13)16)7-10(2)15(9)19-11(3)18;1-10-5-12(8-14(16)6-10)15-3-4-17-9-13(15)7-11(2)18;1-8-5-10(6-9(2)13(8)16)11-3-4-14-7-12(11)15(17)18;1-9-5-10(2)7-11(6-9)12-3-4-15-8-13(12)14;;;;;;/h6-7,10-13,16,21H,8-9H2,1-5H3,(H,20,22);4-5,8-10,12,15H,6-7,16H2,1-3H3;3-4,6,8-10,14H,5,7,16H2,1-2H3;3-5,7-9,13,16H,6H2,1-2H3;3-6,8-10H,7,14H2,1-2H3;3*1H;;;/q;;-1;;-1;;;;+3;;/p-3/t11-,12+,13?,16?;9-,10+,12?,15?;10-,14-;8-,9+,13+;9-,10+;;;;;;/m..010....../s1. The van der Waals surface area contributed by atoms with E-state index in [4.69, 9.17) is 26.7 Å². The maximum Gasteiger partial charge on any atom is 0 e. The summed E-state index contributed by atoms with van der Waals surface area (Å²) < 4.78 is 10.8. The molecule has 536 valence electrons. The quantitative estimate of drug-likeness (QED) is 0.0249. The van der Waals surface area contributed by atoms with Gasteiger partial charge < -0.3 is 49.7 Å². The van der Waals surface area contributed by atoms with Gasteiger partial charge in [0.1, 0.15) is 23.7 Å². The minimum absolute atomic E-state index is 0. The molecule has 2 radical (unpaired) electrons. The van der Waals surface area contributed by atoms with Crippen molar-refractivity contribution in [2.45, 2.75) is 190 Å². The van der Waals surface area contributed by atoms with E-state index in [0.29, 0.717) is 65.5 Å². The molecule has 5 aromatic rings. The van der Waals surface area contributed by atoms with Crippen LogP contribution >= 0.6 is 59.9 Å². The van der Waals surface area contributed by atoms with Crippen LogP contribution in [-0.2, 0) is 95.8 Å². The number of carbonyl (C=O) groups excluding carboxylic acids is 3. The third kappa shape index (κ3) is 30.3. The molecular weight excluding hydrogens is 1780 g/mol. The summed E-state index contributed by atoms with van der Waals surface area (Å²) in [6.45, 7) is 27.6. The number of hydrogen-bond acceptors (Lipinski definition) is 17. The van der Waals surface area contributed by atoms with Crippen LogP contribution in [0, 0.1) is 76.2 Å². The van der Waals surface area contributed by atoms with Crippen molar-refractivity contribution in [1.82, 2.24) is 24.9 Å². The second-order valence-electron chi connectivity index (χ2n) is 27.9. The number of hydrogen-bond donors (Lipinski definition) is 6. The van der Waals surface area contributed by atoms with Crippen molar-refractivity contribution in [1.29, 1.82) is 0 Å². The number of amides is 1. The number of aliphatic hydroxyl groups excluding tert-OH is 2. The number of nitrogens with one attached hydrogen (secondary N) is 1. The Morgan fingerprint density at radius 3 is 1.63 bits per heavy atom. The molecule has 99 heavy (non-hydrogen) atoms. The number of nitrogen functional groups attached to an aromatic ring is 2. The first-order chi connectivity index (χ1) is 45.6. The van der Waals surface area contributed by atoms with Gasteiger partial charge in [0.05, 0.1) is 58.3 Å². The summed E-state index contributed by atoms with van der Waals surface area (Å²) in [6.07, 6.45) is 33.5. The van der Waals surface area contributed by atoms with E-state index in [2.05, 4.69) is 164 Å². The molecule has 0 aromatic carbocycles. The molecule has 10 rings (SSSR count). The molecule has 0 bridgehead atoms. The molecule has 4 unspecified atom stereocenters. The SMILES string of the molecule is CC(=O)Cc1cnccc1C1=C[C@@H](N)[CH-][C@@H](C)C1.CC(=O)OC1[C@H](C)CC(c2ccncc2N)C[C@@H]1C.C[C@@H]1C=C(c2ccncc2N)C[C@H](C)[CH-]1.C[C@@H]1C=C(c2ccncc2[N+](=O)[O-])C[C@H](C)[C@H]1O.C[C@@H]1CC(c2ccncc2NC(=O)OC(C)(C)C)C[C@H](C)C1O.[I][V]([I])[I].[Y].[Y]. The first kappa shape index (κ1) is 90.5. The van der Waals surface area contributed by atoms with Crippen LogP contribution < -0.4 is 22.5 Å². The summed E-state index contributed by atoms with van der Waals surface area (Å²) in [5.41, 5.74) is 29.3. The van der Waals surface area contributed by atoms with E-state index in [0.717, 1.165) is 77.7 Å². The molecule has 0 aliphatic heterocycles. The molecule has 2 saturated carbocycles. The Labute approximate surface area is 676 Å². The van der Waals surface area contributed by atoms with Crippen molar-refractivity contribution in [3.05, 3.63) is 167 Å². The van der Waals surface area contributed by atoms with Crippen LogP contribution in [0.25, 0.3) is 16.7 Å². The number of allylic oxidation sites excluding steroid dienone is 4. The van der Waals surface area contributed by atoms with Crippen molar-refractivity contribution in [3.63, 3.8) is 0 Å². The van der Waals surface area contributed by atoms with Crippen molar-refractivity contribution in [2.24, 2.45) is 59.0 Å². The number of carbonyl (C=O) groups is 3. The number of ketones is 1. The number of nitro groups is 1. The van der Waals surface area contributed by atoms with Gasteiger partial charge in [-0.1, -0.05) is 87.3 Å². The normalized spacial score (nSPS) is 26.2. The Hall–Kier alpha value is -2.76. The number of anilines is 3. The number of rotatable bonds is 10. The van der Waals surface area contributed by atoms with Crippen LogP contribution in [0.2, 0.25) is 0 Å². The average Bonchev–Trinajstić information content (AvgIpc) is 0.835. The molecule has 5 aromatic heterocycles. The fourth-order valence-corrected chi connectivity index (χ4v) is 13.9. The first-order valence-corrected chi connectivity index (χ1v) is 46.9. The van der Waals surface area contributed by atoms with Gasteiger partial charge in [-0.25, -0.2) is 4.79 Å². The maximum absolute atomic E-state index is 12.0. The molecule has 0 spiro atoms. The summed E-state index contributed by atoms with van der Waals surface area (Å²) in [5, 5.41) is 33.8. The molecule has 19 nitrogen and oxygen atoms in total. The molecule has 5 heterocycles. The van der Waals surface area contributed by atoms with Gasteiger partial charge in [-0.2, -0.15) is 17.8 Å². The van der Waals surface area contributed by atoms with Crippen LogP contribution in [0.3, 0.4) is 0 Å². The molecule has 25 heteroatoms. The van der Waals surface area contributed by atoms with Crippen LogP contribution in [-0.4, -0.2) is 87.9 Å². The van der Waals surface area contributed by atoms with Gasteiger partial charge in [-0.3, -0.25) is 49.9 Å².